The second kappa shape index (κ2) is 22.3. The van der Waals surface area contributed by atoms with Gasteiger partial charge in [0.1, 0.15) is 0 Å². The molecule has 0 heterocycles. The number of unbranched alkanes of at least 4 members (excludes halogenated alkanes) is 17. The summed E-state index contributed by atoms with van der Waals surface area (Å²) in [7, 11) is 0. The lowest BCUT2D eigenvalue weighted by Crippen LogP contribution is -2.07. The highest BCUT2D eigenvalue weighted by molar-refractivity contribution is 4.71. The summed E-state index contributed by atoms with van der Waals surface area (Å²) in [6.45, 7) is 3.36. The van der Waals surface area contributed by atoms with Crippen molar-refractivity contribution >= 4 is 0 Å². The van der Waals surface area contributed by atoms with E-state index in [0.29, 0.717) is 0 Å². The molecule has 0 bridgehead atoms. The highest BCUT2D eigenvalue weighted by atomic mass is 14.8. The Morgan fingerprint density at radius 3 is 1.21 bits per heavy atom. The van der Waals surface area contributed by atoms with Gasteiger partial charge in [-0.2, -0.15) is 0 Å². The molecule has 0 spiro atoms. The predicted octanol–water partition coefficient (Wildman–Crippen LogP) is 7.05. The molecular formula is C22H46N2. The van der Waals surface area contributed by atoms with Crippen molar-refractivity contribution in [2.75, 3.05) is 6.54 Å². The SMILES string of the molecule is CCCCCCCCCCCCCCCCCCCCN/C=C/N. The monoisotopic (exact) mass is 338 g/mol. The fourth-order valence-corrected chi connectivity index (χ4v) is 3.28. The summed E-state index contributed by atoms with van der Waals surface area (Å²) in [5.41, 5.74) is 5.27. The van der Waals surface area contributed by atoms with Gasteiger partial charge in [-0.05, 0) is 6.42 Å². The molecule has 0 rings (SSSR count). The van der Waals surface area contributed by atoms with E-state index in [-0.39, 0.29) is 0 Å². The average Bonchev–Trinajstić information content (AvgIpc) is 2.60. The maximum Gasteiger partial charge on any atom is 0.0141 e. The molecule has 0 aromatic heterocycles. The van der Waals surface area contributed by atoms with Crippen LogP contribution in [0, 0.1) is 0 Å². The first-order chi connectivity index (χ1) is 11.9. The molecule has 0 aromatic carbocycles. The Morgan fingerprint density at radius 2 is 0.875 bits per heavy atom. The molecule has 3 N–H and O–H groups in total. The maximum atomic E-state index is 5.27. The van der Waals surface area contributed by atoms with Gasteiger partial charge in [0, 0.05) is 18.9 Å². The van der Waals surface area contributed by atoms with E-state index >= 15 is 0 Å². The van der Waals surface area contributed by atoms with Crippen LogP contribution in [-0.2, 0) is 0 Å². The summed E-state index contributed by atoms with van der Waals surface area (Å²) < 4.78 is 0. The van der Waals surface area contributed by atoms with E-state index in [9.17, 15) is 0 Å². The van der Waals surface area contributed by atoms with Gasteiger partial charge in [0.05, 0.1) is 0 Å². The van der Waals surface area contributed by atoms with Crippen molar-refractivity contribution in [2.45, 2.75) is 122 Å². The summed E-state index contributed by atoms with van der Waals surface area (Å²) in [6, 6.07) is 0. The Balaban J connectivity index is 2.95. The van der Waals surface area contributed by atoms with Gasteiger partial charge in [0.15, 0.2) is 0 Å². The minimum absolute atomic E-state index is 1.06. The minimum atomic E-state index is 1.06. The van der Waals surface area contributed by atoms with Gasteiger partial charge in [-0.15, -0.1) is 0 Å². The standard InChI is InChI=1S/C22H46N2/c1-2-3-4-5-6-7-8-9-10-11-12-13-14-15-16-17-18-19-21-24-22-20-23/h20,22,24H,2-19,21,23H2,1H3/b22-20+. The second-order valence-electron chi connectivity index (χ2n) is 7.32. The summed E-state index contributed by atoms with van der Waals surface area (Å²) in [5, 5.41) is 3.18. The fraction of sp³-hybridized carbons (Fsp3) is 0.909. The van der Waals surface area contributed by atoms with Gasteiger partial charge >= 0.3 is 0 Å². The van der Waals surface area contributed by atoms with Crippen molar-refractivity contribution in [3.8, 4) is 0 Å². The molecule has 0 aliphatic rings. The average molecular weight is 339 g/mol. The Bertz CT molecular complexity index is 238. The van der Waals surface area contributed by atoms with Crippen LogP contribution in [0.4, 0.5) is 0 Å². The van der Waals surface area contributed by atoms with Crippen LogP contribution >= 0.6 is 0 Å². The van der Waals surface area contributed by atoms with Gasteiger partial charge < -0.3 is 11.1 Å². The van der Waals surface area contributed by atoms with E-state index < -0.39 is 0 Å². The van der Waals surface area contributed by atoms with Crippen LogP contribution in [0.1, 0.15) is 122 Å². The van der Waals surface area contributed by atoms with E-state index in [1.165, 1.54) is 116 Å². The van der Waals surface area contributed by atoms with Crippen LogP contribution in [0.5, 0.6) is 0 Å². The number of nitrogens with two attached hydrogens (primary N) is 1. The van der Waals surface area contributed by atoms with Gasteiger partial charge in [-0.3, -0.25) is 0 Å². The molecule has 0 fully saturated rings. The van der Waals surface area contributed by atoms with E-state index in [2.05, 4.69) is 12.2 Å². The molecule has 0 radical (unpaired) electrons. The Kier molecular flexibility index (Phi) is 21.7. The van der Waals surface area contributed by atoms with E-state index in [4.69, 9.17) is 5.73 Å². The number of nitrogens with one attached hydrogen (secondary N) is 1. The number of hydrogen-bond donors (Lipinski definition) is 2. The molecule has 0 saturated heterocycles. The molecular weight excluding hydrogens is 292 g/mol. The zero-order valence-electron chi connectivity index (χ0n) is 16.7. The molecule has 2 heteroatoms. The second-order valence-corrected chi connectivity index (χ2v) is 7.32. The van der Waals surface area contributed by atoms with Crippen LogP contribution in [0.2, 0.25) is 0 Å². The predicted molar refractivity (Wildman–Crippen MR) is 110 cm³/mol. The normalized spacial score (nSPS) is 11.4. The molecule has 144 valence electrons. The molecule has 0 aliphatic heterocycles. The van der Waals surface area contributed by atoms with Crippen molar-refractivity contribution in [1.29, 1.82) is 0 Å². The van der Waals surface area contributed by atoms with Gasteiger partial charge in [0.2, 0.25) is 0 Å². The van der Waals surface area contributed by atoms with Crippen molar-refractivity contribution < 1.29 is 0 Å². The van der Waals surface area contributed by atoms with Crippen LogP contribution in [0.15, 0.2) is 12.4 Å². The van der Waals surface area contributed by atoms with Crippen molar-refractivity contribution in [2.24, 2.45) is 5.73 Å². The van der Waals surface area contributed by atoms with E-state index in [1.807, 2.05) is 6.20 Å². The lowest BCUT2D eigenvalue weighted by atomic mass is 10.0. The molecule has 2 nitrogen and oxygen atoms in total. The Hall–Kier alpha value is -0.660. The van der Waals surface area contributed by atoms with Crippen LogP contribution in [-0.4, -0.2) is 6.54 Å². The molecule has 0 saturated carbocycles. The molecule has 0 aromatic rings. The summed E-state index contributed by atoms with van der Waals surface area (Å²) >= 11 is 0. The summed E-state index contributed by atoms with van der Waals surface area (Å²) in [5.74, 6) is 0. The summed E-state index contributed by atoms with van der Waals surface area (Å²) in [4.78, 5) is 0. The molecule has 24 heavy (non-hydrogen) atoms. The summed E-state index contributed by atoms with van der Waals surface area (Å²) in [6.07, 6.45) is 29.2. The van der Waals surface area contributed by atoms with Crippen molar-refractivity contribution in [3.05, 3.63) is 12.4 Å². The Morgan fingerprint density at radius 1 is 0.542 bits per heavy atom. The highest BCUT2D eigenvalue weighted by Crippen LogP contribution is 2.14. The third kappa shape index (κ3) is 21.3. The molecule has 0 amide bonds. The van der Waals surface area contributed by atoms with Crippen LogP contribution in [0.3, 0.4) is 0 Å². The van der Waals surface area contributed by atoms with E-state index in [1.54, 1.807) is 6.20 Å². The Labute approximate surface area is 153 Å². The van der Waals surface area contributed by atoms with Crippen LogP contribution in [0.25, 0.3) is 0 Å². The topological polar surface area (TPSA) is 38.0 Å². The zero-order valence-corrected chi connectivity index (χ0v) is 16.7. The lowest BCUT2D eigenvalue weighted by molar-refractivity contribution is 0.524. The minimum Gasteiger partial charge on any atom is -0.403 e. The van der Waals surface area contributed by atoms with Gasteiger partial charge in [-0.1, -0.05) is 116 Å². The highest BCUT2D eigenvalue weighted by Gasteiger charge is 1.94. The fourth-order valence-electron chi connectivity index (χ4n) is 3.28. The van der Waals surface area contributed by atoms with Gasteiger partial charge in [-0.25, -0.2) is 0 Å². The first-order valence-corrected chi connectivity index (χ1v) is 11.0. The first-order valence-electron chi connectivity index (χ1n) is 11.0. The largest absolute Gasteiger partial charge is 0.403 e. The number of hydrogen-bond acceptors (Lipinski definition) is 2. The van der Waals surface area contributed by atoms with E-state index in [0.717, 1.165) is 6.54 Å². The first kappa shape index (κ1) is 23.3. The van der Waals surface area contributed by atoms with Crippen molar-refractivity contribution in [3.63, 3.8) is 0 Å². The molecule has 0 atom stereocenters. The van der Waals surface area contributed by atoms with Crippen LogP contribution < -0.4 is 11.1 Å². The molecule has 0 aliphatic carbocycles. The lowest BCUT2D eigenvalue weighted by Gasteiger charge is -2.04. The zero-order chi connectivity index (χ0) is 17.6. The third-order valence-corrected chi connectivity index (χ3v) is 4.89. The molecule has 0 unspecified atom stereocenters. The third-order valence-electron chi connectivity index (χ3n) is 4.89. The maximum absolute atomic E-state index is 5.27. The smallest absolute Gasteiger partial charge is 0.0141 e. The van der Waals surface area contributed by atoms with Gasteiger partial charge in [0.25, 0.3) is 0 Å². The number of rotatable bonds is 20. The quantitative estimate of drug-likeness (QED) is 0.233. The van der Waals surface area contributed by atoms with Crippen molar-refractivity contribution in [1.82, 2.24) is 5.32 Å².